The minimum atomic E-state index is -0.583. The highest BCUT2D eigenvalue weighted by Crippen LogP contribution is 2.59. The number of allylic oxidation sites excluding steroid dienone is 4. The number of phenolic OH excluding ortho intramolecular Hbond substituents is 2. The van der Waals surface area contributed by atoms with E-state index in [9.17, 15) is 19.8 Å². The molecule has 0 spiro atoms. The number of hydrogen-bond donors (Lipinski definition) is 2. The van der Waals surface area contributed by atoms with Crippen LogP contribution in [0, 0.1) is 0 Å². The number of benzene rings is 9. The summed E-state index contributed by atoms with van der Waals surface area (Å²) >= 11 is 0. The van der Waals surface area contributed by atoms with Gasteiger partial charge in [-0.15, -0.1) is 39.5 Å². The number of phenols is 2. The molecule has 9 aromatic carbocycles. The summed E-state index contributed by atoms with van der Waals surface area (Å²) in [4.78, 5) is 21.8. The SMILES string of the molecule is C.C.C.C.C=C(C)C(=O)OCCCOC(=O)C(=C)C.C=CCOCCOCC=C.C=CCc1cc(C2(c3ccc(O)c(CC=C)c3)c3ccccc3-c3ccccc32)ccc1O.C=CCc1cc(C2(c3ccc(OCC4CO4)c(CC=C)c3)c3ccccc3-c3ccccc32)ccc1OCC1CO1.C[Si](C)c1ccc([Si](C)C)cc1. The van der Waals surface area contributed by atoms with Crippen LogP contribution in [0.5, 0.6) is 23.0 Å². The summed E-state index contributed by atoms with van der Waals surface area (Å²) in [6.45, 7) is 47.8. The summed E-state index contributed by atoms with van der Waals surface area (Å²) in [5.41, 5.74) is 17.9. The summed E-state index contributed by atoms with van der Waals surface area (Å²) in [6, 6.07) is 69.0. The van der Waals surface area contributed by atoms with Crippen LogP contribution in [0.1, 0.15) is 117 Å². The third kappa shape index (κ3) is 24.0. The van der Waals surface area contributed by atoms with Crippen molar-refractivity contribution in [2.75, 3.05) is 66.1 Å². The van der Waals surface area contributed by atoms with Gasteiger partial charge < -0.3 is 48.1 Å². The highest BCUT2D eigenvalue weighted by molar-refractivity contribution is 6.72. The summed E-state index contributed by atoms with van der Waals surface area (Å²) in [5, 5.41) is 24.1. The van der Waals surface area contributed by atoms with Crippen molar-refractivity contribution in [1.29, 1.82) is 0 Å². The highest BCUT2D eigenvalue weighted by atomic mass is 28.3. The first-order valence-corrected chi connectivity index (χ1v) is 42.8. The third-order valence-corrected chi connectivity index (χ3v) is 22.3. The fraction of sp³-hybridized carbons (Fsp3) is 0.287. The molecule has 0 saturated carbocycles. The molecule has 12 nitrogen and oxygen atoms in total. The number of fused-ring (bicyclic) bond motifs is 6. The second kappa shape index (κ2) is 46.6. The molecule has 2 atom stereocenters. The second-order valence-electron chi connectivity index (χ2n) is 28.0. The number of esters is 2. The number of aromatic hydroxyl groups is 2. The van der Waals surface area contributed by atoms with E-state index >= 15 is 0 Å². The van der Waals surface area contributed by atoms with Crippen LogP contribution in [0.3, 0.4) is 0 Å². The van der Waals surface area contributed by atoms with Gasteiger partial charge >= 0.3 is 11.9 Å². The van der Waals surface area contributed by atoms with Crippen LogP contribution >= 0.6 is 0 Å². The van der Waals surface area contributed by atoms with Gasteiger partial charge in [-0.3, -0.25) is 0 Å². The Morgan fingerprint density at radius 3 is 0.983 bits per heavy atom. The molecule has 606 valence electrons. The summed E-state index contributed by atoms with van der Waals surface area (Å²) < 4.78 is 42.9. The van der Waals surface area contributed by atoms with Crippen molar-refractivity contribution in [2.45, 2.75) is 125 Å². The quantitative estimate of drug-likeness (QED) is 0.0100. The molecular formula is C101H122O12Si2. The molecule has 14 heteroatoms. The van der Waals surface area contributed by atoms with Gasteiger partial charge in [0.1, 0.15) is 48.4 Å². The van der Waals surface area contributed by atoms with Crippen molar-refractivity contribution in [3.63, 3.8) is 0 Å². The molecule has 2 aliphatic carbocycles. The van der Waals surface area contributed by atoms with Gasteiger partial charge in [-0.05, 0) is 153 Å². The Labute approximate surface area is 690 Å². The monoisotopic (exact) mass is 1580 g/mol. The topological polar surface area (TPSA) is 155 Å². The van der Waals surface area contributed by atoms with E-state index < -0.39 is 22.8 Å². The van der Waals surface area contributed by atoms with Gasteiger partial charge in [-0.1, -0.05) is 286 Å². The zero-order chi connectivity index (χ0) is 79.5. The lowest BCUT2D eigenvalue weighted by Gasteiger charge is -2.35. The first kappa shape index (κ1) is 94.9. The Morgan fingerprint density at radius 1 is 0.417 bits per heavy atom. The predicted molar refractivity (Wildman–Crippen MR) is 483 cm³/mol. The average molecular weight is 1580 g/mol. The number of ether oxygens (including phenoxy) is 8. The molecule has 2 fully saturated rings. The van der Waals surface area contributed by atoms with Crippen LogP contribution in [0.4, 0.5) is 0 Å². The summed E-state index contributed by atoms with van der Waals surface area (Å²) in [6.07, 6.45) is 14.4. The van der Waals surface area contributed by atoms with E-state index in [1.165, 1.54) is 55.6 Å². The van der Waals surface area contributed by atoms with E-state index in [4.69, 9.17) is 37.9 Å². The minimum Gasteiger partial charge on any atom is -0.508 e. The van der Waals surface area contributed by atoms with E-state index in [-0.39, 0.29) is 84.2 Å². The number of carbonyl (C=O) groups excluding carboxylic acids is 2. The van der Waals surface area contributed by atoms with Crippen molar-refractivity contribution < 1.29 is 57.7 Å². The van der Waals surface area contributed by atoms with Gasteiger partial charge in [0, 0.05) is 17.6 Å². The zero-order valence-corrected chi connectivity index (χ0v) is 67.3. The highest BCUT2D eigenvalue weighted by Gasteiger charge is 2.48. The number of hydrogen-bond acceptors (Lipinski definition) is 12. The predicted octanol–water partition coefficient (Wildman–Crippen LogP) is 21.1. The molecule has 0 amide bonds. The third-order valence-electron chi connectivity index (χ3n) is 19.4. The first-order valence-electron chi connectivity index (χ1n) is 37.8. The molecule has 115 heavy (non-hydrogen) atoms. The lowest BCUT2D eigenvalue weighted by Crippen LogP contribution is -2.29. The smallest absolute Gasteiger partial charge is 0.333 e. The van der Waals surface area contributed by atoms with Crippen LogP contribution in [0.2, 0.25) is 26.2 Å². The normalized spacial score (nSPS) is 13.8. The van der Waals surface area contributed by atoms with Crippen LogP contribution in [-0.2, 0) is 74.5 Å². The van der Waals surface area contributed by atoms with Crippen molar-refractivity contribution in [1.82, 2.24) is 0 Å². The van der Waals surface area contributed by atoms with Crippen molar-refractivity contribution in [3.8, 4) is 45.3 Å². The largest absolute Gasteiger partial charge is 0.508 e. The van der Waals surface area contributed by atoms with Crippen molar-refractivity contribution in [3.05, 3.63) is 361 Å². The Balaban J connectivity index is 0.000000283. The van der Waals surface area contributed by atoms with Crippen molar-refractivity contribution >= 4 is 39.9 Å². The molecule has 13 rings (SSSR count). The molecule has 0 bridgehead atoms. The van der Waals surface area contributed by atoms with Crippen LogP contribution < -0.4 is 19.8 Å². The molecule has 2 unspecified atom stereocenters. The molecule has 9 aromatic rings. The van der Waals surface area contributed by atoms with Gasteiger partial charge in [0.25, 0.3) is 0 Å². The van der Waals surface area contributed by atoms with E-state index in [0.717, 1.165) is 58.1 Å². The number of epoxide rings is 2. The van der Waals surface area contributed by atoms with Crippen molar-refractivity contribution in [2.24, 2.45) is 0 Å². The Kier molecular flexibility index (Phi) is 38.5. The Morgan fingerprint density at radius 2 is 0.704 bits per heavy atom. The van der Waals surface area contributed by atoms with E-state index in [2.05, 4.69) is 249 Å². The summed E-state index contributed by atoms with van der Waals surface area (Å²) in [7, 11) is -0.485. The first-order chi connectivity index (χ1) is 53.8. The van der Waals surface area contributed by atoms with Gasteiger partial charge in [0.15, 0.2) is 0 Å². The molecular weight excluding hydrogens is 1460 g/mol. The number of carbonyl (C=O) groups is 2. The van der Waals surface area contributed by atoms with E-state index in [1.54, 1.807) is 48.5 Å². The lowest BCUT2D eigenvalue weighted by atomic mass is 9.67. The zero-order valence-electron chi connectivity index (χ0n) is 65.3. The van der Waals surface area contributed by atoms with Gasteiger partial charge in [-0.2, -0.15) is 0 Å². The van der Waals surface area contributed by atoms with E-state index in [0.29, 0.717) is 82.9 Å². The molecule has 2 N–H and O–H groups in total. The molecule has 2 saturated heterocycles. The van der Waals surface area contributed by atoms with E-state index in [1.807, 2.05) is 36.4 Å². The fourth-order valence-corrected chi connectivity index (χ4v) is 15.4. The van der Waals surface area contributed by atoms with Gasteiger partial charge in [0.05, 0.1) is 81.3 Å². The maximum absolute atomic E-state index is 10.9. The second-order valence-corrected chi connectivity index (χ2v) is 33.2. The molecule has 2 radical (unpaired) electrons. The lowest BCUT2D eigenvalue weighted by molar-refractivity contribution is -0.141. The van der Waals surface area contributed by atoms with Gasteiger partial charge in [0.2, 0.25) is 0 Å². The minimum absolute atomic E-state index is 0. The van der Waals surface area contributed by atoms with Crippen LogP contribution in [0.15, 0.2) is 294 Å². The summed E-state index contributed by atoms with van der Waals surface area (Å²) in [5.74, 6) is 1.45. The van der Waals surface area contributed by atoms with Gasteiger partial charge in [-0.25, -0.2) is 9.59 Å². The van der Waals surface area contributed by atoms with Crippen LogP contribution in [0.25, 0.3) is 22.3 Å². The Bertz CT molecular complexity index is 4440. The Hall–Kier alpha value is -10.7. The van der Waals surface area contributed by atoms with Crippen LogP contribution in [-0.4, -0.2) is 118 Å². The standard InChI is InChI=1S/C37H34O4.C31H26O2.C11H16O4.C10H16Si2.C8H14O2.4CH4/c1-3-9-25-19-27(15-17-35(25)40-23-29-21-38-29)37(33-13-7-5-11-31(33)32-12-6-8-14-34(32)37)28-16-18-36(26(20-28)10-4-2)41-24-30-22-39-30;1-3-9-21-19-23(15-17-29(21)32)31(24-16-18-30(33)22(20-24)10-4-2)27-13-7-5-11-25(27)26-12-6-8-14-28(26)31;1-8(2)10(12)14-6-5-7-15-11(13)9(3)4;1-11(2)9-5-7-10(8-6-9)12(3)4;1-3-5-9-7-8-10-6-4-2;;;;/h3-8,11-20,29-30H,1-2,9-10,21-24H2;3-8,11-20,32-33H,1-2,9-10H2;1,3,5-7H2,2,4H3;5-8H,1-4H3;3-4H,1-2,5-8H2;4*1H4. The molecule has 4 aliphatic rings. The maximum Gasteiger partial charge on any atom is 0.333 e. The molecule has 2 aliphatic heterocycles. The molecule has 2 heterocycles. The molecule has 0 aromatic heterocycles. The average Bonchev–Trinajstić information content (AvgIpc) is 1.55. The fourth-order valence-electron chi connectivity index (χ4n) is 13.8. The number of rotatable bonds is 33. The maximum atomic E-state index is 10.9.